The van der Waals surface area contributed by atoms with Gasteiger partial charge in [0.2, 0.25) is 0 Å². The molecule has 0 fully saturated rings. The molecule has 1 amide bonds. The van der Waals surface area contributed by atoms with Crippen molar-refractivity contribution in [1.29, 1.82) is 0 Å². The molecule has 0 radical (unpaired) electrons. The van der Waals surface area contributed by atoms with E-state index in [0.717, 1.165) is 16.8 Å². The highest BCUT2D eigenvalue weighted by atomic mass is 16.6. The summed E-state index contributed by atoms with van der Waals surface area (Å²) >= 11 is 0. The highest BCUT2D eigenvalue weighted by molar-refractivity contribution is 6.02. The summed E-state index contributed by atoms with van der Waals surface area (Å²) in [5.41, 5.74) is 2.62. The molecule has 0 saturated heterocycles. The lowest BCUT2D eigenvalue weighted by atomic mass is 9.94. The average Bonchev–Trinajstić information content (AvgIpc) is 2.62. The van der Waals surface area contributed by atoms with Gasteiger partial charge in [0.1, 0.15) is 11.4 Å². The molecule has 1 heterocycles. The number of para-hydroxylation sites is 1. The molecule has 1 aliphatic rings. The number of hydrogen-bond acceptors (Lipinski definition) is 5. The van der Waals surface area contributed by atoms with Gasteiger partial charge in [-0.25, -0.2) is 4.79 Å². The number of aryl methyl sites for hydroxylation is 1. The highest BCUT2D eigenvalue weighted by Crippen LogP contribution is 2.33. The largest absolute Gasteiger partial charge is 0.482 e. The van der Waals surface area contributed by atoms with Crippen molar-refractivity contribution >= 4 is 17.6 Å². The number of carbonyl (C=O) groups excluding carboxylic acids is 2. The standard InChI is InChI=1S/C20H22N2O4/c1-4-25-17(23)12-26-15-10-8-14(9-11-15)20(3)21-18-13(2)6-5-7-16(18)19(24)22-20/h5-11,21H,4,12H2,1-3H3,(H,22,24)/t20-/m1/s1. The summed E-state index contributed by atoms with van der Waals surface area (Å²) in [7, 11) is 0. The molecular weight excluding hydrogens is 332 g/mol. The SMILES string of the molecule is CCOC(=O)COc1ccc([C@@]2(C)NC(=O)c3cccc(C)c3N2)cc1. The molecule has 1 aliphatic heterocycles. The van der Waals surface area contributed by atoms with E-state index in [2.05, 4.69) is 10.6 Å². The first kappa shape index (κ1) is 17.8. The fraction of sp³-hybridized carbons (Fsp3) is 0.300. The summed E-state index contributed by atoms with van der Waals surface area (Å²) in [4.78, 5) is 23.9. The molecule has 2 aromatic carbocycles. The smallest absolute Gasteiger partial charge is 0.344 e. The molecule has 3 rings (SSSR count). The fourth-order valence-electron chi connectivity index (χ4n) is 2.97. The summed E-state index contributed by atoms with van der Waals surface area (Å²) < 4.78 is 10.2. The zero-order valence-corrected chi connectivity index (χ0v) is 15.1. The fourth-order valence-corrected chi connectivity index (χ4v) is 2.97. The molecule has 0 aliphatic carbocycles. The zero-order chi connectivity index (χ0) is 18.7. The van der Waals surface area contributed by atoms with Crippen LogP contribution in [0.2, 0.25) is 0 Å². The summed E-state index contributed by atoms with van der Waals surface area (Å²) in [6.07, 6.45) is 0. The minimum Gasteiger partial charge on any atom is -0.482 e. The topological polar surface area (TPSA) is 76.7 Å². The van der Waals surface area contributed by atoms with Crippen LogP contribution < -0.4 is 15.4 Å². The molecule has 26 heavy (non-hydrogen) atoms. The molecule has 2 N–H and O–H groups in total. The first-order valence-electron chi connectivity index (χ1n) is 8.52. The summed E-state index contributed by atoms with van der Waals surface area (Å²) in [6, 6.07) is 12.9. The van der Waals surface area contributed by atoms with Gasteiger partial charge in [-0.1, -0.05) is 24.3 Å². The van der Waals surface area contributed by atoms with Crippen LogP contribution in [-0.4, -0.2) is 25.1 Å². The second-order valence-corrected chi connectivity index (χ2v) is 6.32. The van der Waals surface area contributed by atoms with Crippen LogP contribution in [0.3, 0.4) is 0 Å². The van der Waals surface area contributed by atoms with Crippen molar-refractivity contribution in [3.05, 3.63) is 59.2 Å². The molecule has 1 atom stereocenters. The van der Waals surface area contributed by atoms with E-state index in [0.29, 0.717) is 17.9 Å². The number of rotatable bonds is 5. The van der Waals surface area contributed by atoms with Crippen molar-refractivity contribution < 1.29 is 19.1 Å². The summed E-state index contributed by atoms with van der Waals surface area (Å²) in [5.74, 6) is 0.0357. The number of esters is 1. The monoisotopic (exact) mass is 354 g/mol. The zero-order valence-electron chi connectivity index (χ0n) is 15.1. The van der Waals surface area contributed by atoms with E-state index in [9.17, 15) is 9.59 Å². The van der Waals surface area contributed by atoms with E-state index >= 15 is 0 Å². The molecule has 0 aromatic heterocycles. The third-order valence-electron chi connectivity index (χ3n) is 4.35. The van der Waals surface area contributed by atoms with Crippen molar-refractivity contribution in [2.75, 3.05) is 18.5 Å². The first-order valence-corrected chi connectivity index (χ1v) is 8.52. The predicted molar refractivity (Wildman–Crippen MR) is 98.2 cm³/mol. The number of nitrogens with one attached hydrogen (secondary N) is 2. The van der Waals surface area contributed by atoms with Crippen LogP contribution in [0.1, 0.15) is 35.3 Å². The van der Waals surface area contributed by atoms with Crippen molar-refractivity contribution in [2.24, 2.45) is 0 Å². The maximum Gasteiger partial charge on any atom is 0.344 e. The van der Waals surface area contributed by atoms with Gasteiger partial charge in [-0.2, -0.15) is 0 Å². The van der Waals surface area contributed by atoms with Crippen molar-refractivity contribution in [2.45, 2.75) is 26.4 Å². The third-order valence-corrected chi connectivity index (χ3v) is 4.35. The number of fused-ring (bicyclic) bond motifs is 1. The molecule has 6 heteroatoms. The summed E-state index contributed by atoms with van der Waals surface area (Å²) in [6.45, 7) is 5.82. The molecular formula is C20H22N2O4. The Hall–Kier alpha value is -3.02. The Morgan fingerprint density at radius 2 is 1.85 bits per heavy atom. The molecule has 6 nitrogen and oxygen atoms in total. The number of benzene rings is 2. The number of carbonyl (C=O) groups is 2. The summed E-state index contributed by atoms with van der Waals surface area (Å²) in [5, 5.41) is 6.44. The Morgan fingerprint density at radius 1 is 1.12 bits per heavy atom. The highest BCUT2D eigenvalue weighted by Gasteiger charge is 2.35. The molecule has 0 bridgehead atoms. The Balaban J connectivity index is 1.78. The van der Waals surface area contributed by atoms with Gasteiger partial charge in [-0.15, -0.1) is 0 Å². The van der Waals surface area contributed by atoms with E-state index < -0.39 is 11.6 Å². The van der Waals surface area contributed by atoms with Crippen molar-refractivity contribution in [3.63, 3.8) is 0 Å². The Bertz CT molecular complexity index is 832. The maximum atomic E-state index is 12.5. The van der Waals surface area contributed by atoms with Crippen LogP contribution in [0.4, 0.5) is 5.69 Å². The van der Waals surface area contributed by atoms with E-state index in [4.69, 9.17) is 9.47 Å². The van der Waals surface area contributed by atoms with Gasteiger partial charge in [-0.3, -0.25) is 4.79 Å². The molecule has 0 spiro atoms. The van der Waals surface area contributed by atoms with Crippen molar-refractivity contribution in [1.82, 2.24) is 5.32 Å². The second kappa shape index (κ2) is 7.07. The minimum absolute atomic E-state index is 0.118. The predicted octanol–water partition coefficient (Wildman–Crippen LogP) is 2.97. The lowest BCUT2D eigenvalue weighted by Crippen LogP contribution is -2.53. The van der Waals surface area contributed by atoms with Gasteiger partial charge >= 0.3 is 5.97 Å². The normalized spacial score (nSPS) is 18.3. The van der Waals surface area contributed by atoms with Crippen LogP contribution in [0.5, 0.6) is 5.75 Å². The van der Waals surface area contributed by atoms with Gasteiger partial charge in [-0.05, 0) is 50.1 Å². The van der Waals surface area contributed by atoms with Gasteiger partial charge in [0.15, 0.2) is 6.61 Å². The van der Waals surface area contributed by atoms with Gasteiger partial charge < -0.3 is 20.1 Å². The second-order valence-electron chi connectivity index (χ2n) is 6.32. The Labute approximate surface area is 152 Å². The Kier molecular flexibility index (Phi) is 4.84. The molecule has 136 valence electrons. The van der Waals surface area contributed by atoms with E-state index in [-0.39, 0.29) is 12.5 Å². The number of hydrogen-bond donors (Lipinski definition) is 2. The lowest BCUT2D eigenvalue weighted by molar-refractivity contribution is -0.145. The molecule has 0 unspecified atom stereocenters. The molecule has 2 aromatic rings. The third kappa shape index (κ3) is 3.49. The van der Waals surface area contributed by atoms with E-state index in [1.807, 2.05) is 38.1 Å². The number of ether oxygens (including phenoxy) is 2. The number of anilines is 1. The van der Waals surface area contributed by atoms with Gasteiger partial charge in [0, 0.05) is 0 Å². The van der Waals surface area contributed by atoms with Crippen LogP contribution in [-0.2, 0) is 15.2 Å². The van der Waals surface area contributed by atoms with Gasteiger partial charge in [0.25, 0.3) is 5.91 Å². The minimum atomic E-state index is -0.740. The van der Waals surface area contributed by atoms with Crippen LogP contribution in [0, 0.1) is 6.92 Å². The Morgan fingerprint density at radius 3 is 2.54 bits per heavy atom. The quantitative estimate of drug-likeness (QED) is 0.808. The first-order chi connectivity index (χ1) is 12.4. The van der Waals surface area contributed by atoms with Crippen LogP contribution >= 0.6 is 0 Å². The average molecular weight is 354 g/mol. The van der Waals surface area contributed by atoms with E-state index in [1.54, 1.807) is 25.1 Å². The van der Waals surface area contributed by atoms with Crippen LogP contribution in [0.15, 0.2) is 42.5 Å². The van der Waals surface area contributed by atoms with Gasteiger partial charge in [0.05, 0.1) is 17.9 Å². The van der Waals surface area contributed by atoms with Crippen molar-refractivity contribution in [3.8, 4) is 5.75 Å². The number of amides is 1. The molecule has 0 saturated carbocycles. The lowest BCUT2D eigenvalue weighted by Gasteiger charge is -2.38. The van der Waals surface area contributed by atoms with E-state index in [1.165, 1.54) is 0 Å². The van der Waals surface area contributed by atoms with Crippen LogP contribution in [0.25, 0.3) is 0 Å². The maximum absolute atomic E-state index is 12.5.